The molecule has 1 heterocycles. The van der Waals surface area contributed by atoms with E-state index in [1.54, 1.807) is 0 Å². The van der Waals surface area contributed by atoms with E-state index in [-0.39, 0.29) is 24.8 Å². The summed E-state index contributed by atoms with van der Waals surface area (Å²) in [5.74, 6) is 0.711. The highest BCUT2D eigenvalue weighted by Crippen LogP contribution is 2.31. The van der Waals surface area contributed by atoms with E-state index in [2.05, 4.69) is 70.9 Å². The molecule has 0 radical (unpaired) electrons. The third kappa shape index (κ3) is 5.34. The van der Waals surface area contributed by atoms with Gasteiger partial charge in [-0.25, -0.2) is 0 Å². The van der Waals surface area contributed by atoms with Gasteiger partial charge in [-0.2, -0.15) is 0 Å². The first-order valence-electron chi connectivity index (χ1n) is 6.92. The molecule has 0 aromatic heterocycles. The van der Waals surface area contributed by atoms with Crippen LogP contribution in [0.15, 0.2) is 24.3 Å². The average molecular weight is 431 g/mol. The Morgan fingerprint density at radius 3 is 2.20 bits per heavy atom. The van der Waals surface area contributed by atoms with Crippen molar-refractivity contribution >= 4 is 47.4 Å². The summed E-state index contributed by atoms with van der Waals surface area (Å²) >= 11 is 2.38. The van der Waals surface area contributed by atoms with Gasteiger partial charge >= 0.3 is 0 Å². The second-order valence-corrected chi connectivity index (χ2v) is 6.41. The molecule has 0 bridgehead atoms. The molecule has 2 nitrogen and oxygen atoms in total. The summed E-state index contributed by atoms with van der Waals surface area (Å²) in [6.07, 6.45) is 1.24. The van der Waals surface area contributed by atoms with Crippen LogP contribution in [0.5, 0.6) is 0 Å². The lowest BCUT2D eigenvalue weighted by Crippen LogP contribution is -2.46. The minimum Gasteiger partial charge on any atom is -0.314 e. The van der Waals surface area contributed by atoms with Gasteiger partial charge in [0.1, 0.15) is 0 Å². The Balaban J connectivity index is 0.00000180. The largest absolute Gasteiger partial charge is 0.314 e. The van der Waals surface area contributed by atoms with Crippen molar-refractivity contribution in [2.24, 2.45) is 5.92 Å². The van der Waals surface area contributed by atoms with Crippen molar-refractivity contribution in [1.82, 2.24) is 10.2 Å². The third-order valence-electron chi connectivity index (χ3n) is 3.94. The maximum absolute atomic E-state index is 3.44. The molecule has 1 aliphatic rings. The first-order valence-corrected chi connectivity index (χ1v) is 8.00. The SMILES string of the molecule is CCC(C)[C@H](c1ccc(I)cc1)N1CCNCC1.Cl.Cl. The zero-order chi connectivity index (χ0) is 13.0. The van der Waals surface area contributed by atoms with Crippen molar-refractivity contribution in [1.29, 1.82) is 0 Å². The van der Waals surface area contributed by atoms with E-state index in [1.807, 2.05) is 0 Å². The fourth-order valence-electron chi connectivity index (χ4n) is 2.74. The van der Waals surface area contributed by atoms with Crippen LogP contribution < -0.4 is 5.32 Å². The maximum atomic E-state index is 3.44. The van der Waals surface area contributed by atoms with E-state index >= 15 is 0 Å². The van der Waals surface area contributed by atoms with Crippen LogP contribution in [0.25, 0.3) is 0 Å². The Kier molecular flexibility index (Phi) is 10.5. The average Bonchev–Trinajstić information content (AvgIpc) is 2.42. The van der Waals surface area contributed by atoms with Gasteiger partial charge in [0.15, 0.2) is 0 Å². The Morgan fingerprint density at radius 1 is 1.15 bits per heavy atom. The molecule has 116 valence electrons. The van der Waals surface area contributed by atoms with E-state index in [0.717, 1.165) is 13.1 Å². The van der Waals surface area contributed by atoms with Crippen LogP contribution in [-0.4, -0.2) is 31.1 Å². The lowest BCUT2D eigenvalue weighted by molar-refractivity contribution is 0.128. The van der Waals surface area contributed by atoms with Crippen LogP contribution in [0, 0.1) is 9.49 Å². The van der Waals surface area contributed by atoms with Crippen LogP contribution in [-0.2, 0) is 0 Å². The quantitative estimate of drug-likeness (QED) is 0.722. The predicted octanol–water partition coefficient (Wildman–Crippen LogP) is 4.13. The lowest BCUT2D eigenvalue weighted by Gasteiger charge is -2.38. The van der Waals surface area contributed by atoms with Crippen molar-refractivity contribution in [2.45, 2.75) is 26.3 Å². The van der Waals surface area contributed by atoms with Crippen LogP contribution in [0.3, 0.4) is 0 Å². The Hall–Kier alpha value is 0.450. The predicted molar refractivity (Wildman–Crippen MR) is 100 cm³/mol. The molecule has 1 saturated heterocycles. The zero-order valence-electron chi connectivity index (χ0n) is 12.1. The van der Waals surface area contributed by atoms with Crippen LogP contribution in [0.4, 0.5) is 0 Å². The molecule has 0 amide bonds. The fourth-order valence-corrected chi connectivity index (χ4v) is 3.10. The van der Waals surface area contributed by atoms with Gasteiger partial charge in [-0.3, -0.25) is 4.90 Å². The minimum absolute atomic E-state index is 0. The number of hydrogen-bond donors (Lipinski definition) is 1. The zero-order valence-corrected chi connectivity index (χ0v) is 15.9. The molecule has 0 aliphatic carbocycles. The number of halogens is 3. The second-order valence-electron chi connectivity index (χ2n) is 5.17. The van der Waals surface area contributed by atoms with Gasteiger partial charge in [0.05, 0.1) is 0 Å². The third-order valence-corrected chi connectivity index (χ3v) is 4.66. The van der Waals surface area contributed by atoms with E-state index in [4.69, 9.17) is 0 Å². The normalized spacial score (nSPS) is 18.6. The standard InChI is InChI=1S/C15H23IN2.2ClH/c1-3-12(2)15(18-10-8-17-9-11-18)13-4-6-14(16)7-5-13;;/h4-7,12,15,17H,3,8-11H2,1-2H3;2*1H/t12?,15-;;/m1../s1. The van der Waals surface area contributed by atoms with Crippen LogP contribution >= 0.6 is 47.4 Å². The smallest absolute Gasteiger partial charge is 0.0374 e. The molecular formula is C15H25Cl2IN2. The van der Waals surface area contributed by atoms with Crippen molar-refractivity contribution in [2.75, 3.05) is 26.2 Å². The molecule has 1 aliphatic heterocycles. The highest BCUT2D eigenvalue weighted by atomic mass is 127. The molecule has 1 unspecified atom stereocenters. The molecule has 2 atom stereocenters. The molecule has 1 N–H and O–H groups in total. The number of rotatable bonds is 4. The van der Waals surface area contributed by atoms with Gasteiger partial charge in [0.2, 0.25) is 0 Å². The molecule has 5 heteroatoms. The summed E-state index contributed by atoms with van der Waals surface area (Å²) < 4.78 is 1.32. The molecule has 0 saturated carbocycles. The Bertz CT molecular complexity index is 367. The lowest BCUT2D eigenvalue weighted by atomic mass is 9.90. The minimum atomic E-state index is 0. The molecule has 0 spiro atoms. The monoisotopic (exact) mass is 430 g/mol. The first-order chi connectivity index (χ1) is 8.72. The topological polar surface area (TPSA) is 15.3 Å². The summed E-state index contributed by atoms with van der Waals surface area (Å²) in [7, 11) is 0. The molecular weight excluding hydrogens is 406 g/mol. The van der Waals surface area contributed by atoms with E-state index in [9.17, 15) is 0 Å². The summed E-state index contributed by atoms with van der Waals surface area (Å²) in [6.45, 7) is 9.26. The van der Waals surface area contributed by atoms with E-state index in [1.165, 1.54) is 28.6 Å². The highest BCUT2D eigenvalue weighted by molar-refractivity contribution is 14.1. The second kappa shape index (κ2) is 10.2. The molecule has 2 rings (SSSR count). The Morgan fingerprint density at radius 2 is 1.70 bits per heavy atom. The first kappa shape index (κ1) is 20.5. The summed E-state index contributed by atoms with van der Waals surface area (Å²) in [5, 5.41) is 3.44. The molecule has 20 heavy (non-hydrogen) atoms. The van der Waals surface area contributed by atoms with Crippen LogP contribution in [0.2, 0.25) is 0 Å². The van der Waals surface area contributed by atoms with Crippen molar-refractivity contribution in [3.8, 4) is 0 Å². The molecule has 1 fully saturated rings. The number of nitrogens with one attached hydrogen (secondary N) is 1. The Labute approximate surface area is 149 Å². The fraction of sp³-hybridized carbons (Fsp3) is 0.600. The van der Waals surface area contributed by atoms with Gasteiger partial charge in [-0.05, 0) is 46.2 Å². The highest BCUT2D eigenvalue weighted by Gasteiger charge is 2.26. The van der Waals surface area contributed by atoms with Gasteiger partial charge in [0.25, 0.3) is 0 Å². The van der Waals surface area contributed by atoms with Gasteiger partial charge in [-0.15, -0.1) is 24.8 Å². The van der Waals surface area contributed by atoms with Crippen molar-refractivity contribution < 1.29 is 0 Å². The number of nitrogens with zero attached hydrogens (tertiary/aromatic N) is 1. The van der Waals surface area contributed by atoms with Gasteiger partial charge in [0, 0.05) is 35.8 Å². The van der Waals surface area contributed by atoms with Crippen molar-refractivity contribution in [3.05, 3.63) is 33.4 Å². The number of piperazine rings is 1. The van der Waals surface area contributed by atoms with Gasteiger partial charge < -0.3 is 5.32 Å². The van der Waals surface area contributed by atoms with Crippen molar-refractivity contribution in [3.63, 3.8) is 0 Å². The summed E-state index contributed by atoms with van der Waals surface area (Å²) in [5.41, 5.74) is 1.48. The van der Waals surface area contributed by atoms with Gasteiger partial charge in [-0.1, -0.05) is 32.4 Å². The van der Waals surface area contributed by atoms with E-state index in [0.29, 0.717) is 12.0 Å². The summed E-state index contributed by atoms with van der Waals surface area (Å²) in [4.78, 5) is 2.65. The number of benzene rings is 1. The summed E-state index contributed by atoms with van der Waals surface area (Å²) in [6, 6.07) is 9.65. The molecule has 1 aromatic carbocycles. The van der Waals surface area contributed by atoms with Crippen LogP contribution in [0.1, 0.15) is 31.9 Å². The molecule has 1 aromatic rings. The maximum Gasteiger partial charge on any atom is 0.0374 e. The van der Waals surface area contributed by atoms with E-state index < -0.39 is 0 Å². The number of hydrogen-bond acceptors (Lipinski definition) is 2.